The van der Waals surface area contributed by atoms with Gasteiger partial charge in [0.25, 0.3) is 0 Å². The van der Waals surface area contributed by atoms with Crippen molar-refractivity contribution in [1.29, 1.82) is 0 Å². The van der Waals surface area contributed by atoms with E-state index in [4.69, 9.17) is 10.3 Å². The van der Waals surface area contributed by atoms with E-state index in [-0.39, 0.29) is 28.7 Å². The summed E-state index contributed by atoms with van der Waals surface area (Å²) in [5.74, 6) is -1.70. The van der Waals surface area contributed by atoms with E-state index in [1.54, 1.807) is 6.07 Å². The molecular formula is C27H23F5N6O. The number of nitrogen functional groups attached to an aromatic ring is 1. The van der Waals surface area contributed by atoms with Crippen molar-refractivity contribution < 1.29 is 26.5 Å². The van der Waals surface area contributed by atoms with Crippen LogP contribution >= 0.6 is 0 Å². The highest BCUT2D eigenvalue weighted by atomic mass is 19.4. The molecular weight excluding hydrogens is 519 g/mol. The average molecular weight is 543 g/mol. The molecule has 2 aromatic heterocycles. The zero-order chi connectivity index (χ0) is 27.6. The first-order valence-corrected chi connectivity index (χ1v) is 12.2. The molecule has 3 aromatic carbocycles. The normalized spacial score (nSPS) is 16.5. The summed E-state index contributed by atoms with van der Waals surface area (Å²) in [7, 11) is 3.89. The van der Waals surface area contributed by atoms with Crippen LogP contribution < -0.4 is 10.6 Å². The molecule has 1 fully saturated rings. The van der Waals surface area contributed by atoms with Gasteiger partial charge in [-0.05, 0) is 62.5 Å². The minimum atomic E-state index is -4.86. The third kappa shape index (κ3) is 4.15. The van der Waals surface area contributed by atoms with E-state index in [2.05, 4.69) is 15.2 Å². The first-order valence-electron chi connectivity index (χ1n) is 12.2. The third-order valence-electron chi connectivity index (χ3n) is 7.34. The fraction of sp³-hybridized carbons (Fsp3) is 0.259. The van der Waals surface area contributed by atoms with Crippen molar-refractivity contribution in [3.8, 4) is 16.8 Å². The predicted molar refractivity (Wildman–Crippen MR) is 138 cm³/mol. The molecule has 5 aromatic rings. The van der Waals surface area contributed by atoms with Crippen molar-refractivity contribution in [2.75, 3.05) is 37.8 Å². The van der Waals surface area contributed by atoms with Crippen LogP contribution in [0.3, 0.4) is 0 Å². The molecule has 0 amide bonds. The van der Waals surface area contributed by atoms with Gasteiger partial charge in [-0.1, -0.05) is 11.2 Å². The summed E-state index contributed by atoms with van der Waals surface area (Å²) < 4.78 is 79.1. The second-order valence-corrected chi connectivity index (χ2v) is 9.81. The Hall–Kier alpha value is -4.19. The second kappa shape index (κ2) is 8.94. The number of aromatic nitrogens is 3. The predicted octanol–water partition coefficient (Wildman–Crippen LogP) is 5.85. The van der Waals surface area contributed by atoms with Gasteiger partial charge >= 0.3 is 6.18 Å². The number of likely N-dealkylation sites (N-methyl/N-ethyl adjacent to an activating group) is 2. The van der Waals surface area contributed by atoms with Crippen LogP contribution in [-0.2, 0) is 6.18 Å². The van der Waals surface area contributed by atoms with Gasteiger partial charge in [-0.15, -0.1) is 0 Å². The molecule has 0 bridgehead atoms. The molecule has 1 aliphatic rings. The van der Waals surface area contributed by atoms with Crippen molar-refractivity contribution in [2.24, 2.45) is 0 Å². The molecule has 202 valence electrons. The molecule has 12 heteroatoms. The number of halogens is 5. The van der Waals surface area contributed by atoms with Gasteiger partial charge in [0, 0.05) is 41.8 Å². The summed E-state index contributed by atoms with van der Waals surface area (Å²) in [5.41, 5.74) is 4.88. The van der Waals surface area contributed by atoms with Gasteiger partial charge in [0.05, 0.1) is 11.1 Å². The molecule has 0 saturated carbocycles. The maximum atomic E-state index is 16.1. The van der Waals surface area contributed by atoms with Crippen molar-refractivity contribution in [3.63, 3.8) is 0 Å². The Morgan fingerprint density at radius 1 is 1.03 bits per heavy atom. The highest BCUT2D eigenvalue weighted by Crippen LogP contribution is 2.40. The summed E-state index contributed by atoms with van der Waals surface area (Å²) in [5, 5.41) is 7.23. The van der Waals surface area contributed by atoms with E-state index in [0.29, 0.717) is 16.7 Å². The van der Waals surface area contributed by atoms with Crippen LogP contribution in [0.1, 0.15) is 12.1 Å². The minimum Gasteiger partial charge on any atom is -0.380 e. The number of alkyl halides is 3. The van der Waals surface area contributed by atoms with Crippen LogP contribution in [0, 0.1) is 11.6 Å². The first-order chi connectivity index (χ1) is 18.5. The second-order valence-electron chi connectivity index (χ2n) is 9.81. The Labute approximate surface area is 219 Å². The minimum absolute atomic E-state index is 0.0249. The standard InChI is InChI=1S/C27H23F5N6O/c1-36-10-9-16(13-36)37(2)14-3-5-17(21(28)12-14)18-6-7-19-24(23(18)29)38(34-25(19)27(30,31)32)15-4-8-22-20(11-15)26(33)35-39-22/h3-8,11-12,16H,9-10,13H2,1-2H3,(H2,33,35). The van der Waals surface area contributed by atoms with Gasteiger partial charge < -0.3 is 20.1 Å². The van der Waals surface area contributed by atoms with Gasteiger partial charge in [-0.25, -0.2) is 13.5 Å². The van der Waals surface area contributed by atoms with E-state index in [0.717, 1.165) is 36.3 Å². The van der Waals surface area contributed by atoms with Gasteiger partial charge in [-0.2, -0.15) is 18.3 Å². The highest BCUT2D eigenvalue weighted by molar-refractivity contribution is 5.92. The molecule has 2 N–H and O–H groups in total. The van der Waals surface area contributed by atoms with Crippen molar-refractivity contribution in [1.82, 2.24) is 19.8 Å². The Balaban J connectivity index is 1.49. The molecule has 0 aliphatic carbocycles. The summed E-state index contributed by atoms with van der Waals surface area (Å²) in [6.45, 7) is 1.77. The van der Waals surface area contributed by atoms with Crippen LogP contribution in [0.5, 0.6) is 0 Å². The monoisotopic (exact) mass is 542 g/mol. The molecule has 1 saturated heterocycles. The highest BCUT2D eigenvalue weighted by Gasteiger charge is 2.38. The van der Waals surface area contributed by atoms with Crippen LogP contribution in [0.2, 0.25) is 0 Å². The molecule has 1 unspecified atom stereocenters. The molecule has 1 aliphatic heterocycles. The lowest BCUT2D eigenvalue weighted by atomic mass is 10.0. The Bertz CT molecular complexity index is 1730. The number of fused-ring (bicyclic) bond motifs is 2. The molecule has 7 nitrogen and oxygen atoms in total. The van der Waals surface area contributed by atoms with Crippen LogP contribution in [-0.4, -0.2) is 53.1 Å². The van der Waals surface area contributed by atoms with Gasteiger partial charge in [0.1, 0.15) is 11.3 Å². The van der Waals surface area contributed by atoms with Crippen molar-refractivity contribution in [2.45, 2.75) is 18.6 Å². The van der Waals surface area contributed by atoms with Crippen molar-refractivity contribution in [3.05, 3.63) is 65.9 Å². The first kappa shape index (κ1) is 25.1. The van der Waals surface area contributed by atoms with E-state index in [1.807, 2.05) is 19.0 Å². The molecule has 0 radical (unpaired) electrons. The lowest BCUT2D eigenvalue weighted by Gasteiger charge is -2.27. The maximum Gasteiger partial charge on any atom is 0.435 e. The largest absolute Gasteiger partial charge is 0.435 e. The van der Waals surface area contributed by atoms with E-state index in [1.165, 1.54) is 30.3 Å². The number of anilines is 2. The number of likely N-dealkylation sites (tertiary alicyclic amines) is 1. The number of nitrogens with two attached hydrogens (primary N) is 1. The maximum absolute atomic E-state index is 16.1. The lowest BCUT2D eigenvalue weighted by molar-refractivity contribution is -0.140. The summed E-state index contributed by atoms with van der Waals surface area (Å²) in [4.78, 5) is 4.16. The smallest absolute Gasteiger partial charge is 0.380 e. The number of hydrogen-bond acceptors (Lipinski definition) is 6. The fourth-order valence-electron chi connectivity index (χ4n) is 5.23. The zero-order valence-electron chi connectivity index (χ0n) is 20.9. The fourth-order valence-corrected chi connectivity index (χ4v) is 5.23. The Kier molecular flexibility index (Phi) is 5.75. The number of hydrogen-bond donors (Lipinski definition) is 1. The number of nitrogens with zero attached hydrogens (tertiary/aromatic N) is 5. The number of rotatable bonds is 4. The molecule has 0 spiro atoms. The van der Waals surface area contributed by atoms with Crippen LogP contribution in [0.25, 0.3) is 38.7 Å². The van der Waals surface area contributed by atoms with Crippen molar-refractivity contribution >= 4 is 33.4 Å². The van der Waals surface area contributed by atoms with Gasteiger partial charge in [-0.3, -0.25) is 0 Å². The molecule has 39 heavy (non-hydrogen) atoms. The third-order valence-corrected chi connectivity index (χ3v) is 7.34. The summed E-state index contributed by atoms with van der Waals surface area (Å²) in [6, 6.07) is 11.2. The van der Waals surface area contributed by atoms with Gasteiger partial charge in [0.2, 0.25) is 0 Å². The quantitative estimate of drug-likeness (QED) is 0.287. The number of benzene rings is 3. The molecule has 3 heterocycles. The summed E-state index contributed by atoms with van der Waals surface area (Å²) >= 11 is 0. The molecule has 1 atom stereocenters. The van der Waals surface area contributed by atoms with Crippen LogP contribution in [0.4, 0.5) is 33.5 Å². The SMILES string of the molecule is CN1CCC(N(C)c2ccc(-c3ccc4c(C(F)(F)F)nn(-c5ccc6onc(N)c6c5)c4c3F)c(F)c2)C1. The Morgan fingerprint density at radius 2 is 1.79 bits per heavy atom. The topological polar surface area (TPSA) is 76.3 Å². The van der Waals surface area contributed by atoms with Gasteiger partial charge in [0.15, 0.2) is 22.9 Å². The lowest BCUT2D eigenvalue weighted by Crippen LogP contribution is -2.33. The van der Waals surface area contributed by atoms with E-state index < -0.39 is 34.4 Å². The van der Waals surface area contributed by atoms with Crippen LogP contribution in [0.15, 0.2) is 53.1 Å². The Morgan fingerprint density at radius 3 is 2.49 bits per heavy atom. The van der Waals surface area contributed by atoms with E-state index >= 15 is 8.78 Å². The molecule has 6 rings (SSSR count). The zero-order valence-corrected chi connectivity index (χ0v) is 20.9. The average Bonchev–Trinajstić information content (AvgIpc) is 3.61. The summed E-state index contributed by atoms with van der Waals surface area (Å²) in [6.07, 6.45) is -3.93. The van der Waals surface area contributed by atoms with E-state index in [9.17, 15) is 13.2 Å².